The minimum absolute atomic E-state index is 0.160. The first kappa shape index (κ1) is 22.3. The lowest BCUT2D eigenvalue weighted by Gasteiger charge is -2.22. The first-order chi connectivity index (χ1) is 16.6. The van der Waals surface area contributed by atoms with Crippen molar-refractivity contribution < 1.29 is 18.3 Å². The van der Waals surface area contributed by atoms with E-state index in [-0.39, 0.29) is 11.3 Å². The van der Waals surface area contributed by atoms with Gasteiger partial charge in [-0.25, -0.2) is 4.98 Å². The van der Waals surface area contributed by atoms with E-state index in [9.17, 15) is 13.6 Å². The lowest BCUT2D eigenvalue weighted by molar-refractivity contribution is -0.0504. The maximum atomic E-state index is 13.0. The highest BCUT2D eigenvalue weighted by Crippen LogP contribution is 2.30. The van der Waals surface area contributed by atoms with Gasteiger partial charge >= 0.3 is 6.61 Å². The highest BCUT2D eigenvalue weighted by Gasteiger charge is 2.20. The lowest BCUT2D eigenvalue weighted by atomic mass is 9.96. The number of pyridine rings is 1. The van der Waals surface area contributed by atoms with Gasteiger partial charge in [0.15, 0.2) is 0 Å². The number of H-pyrrole nitrogens is 1. The van der Waals surface area contributed by atoms with Gasteiger partial charge in [-0.2, -0.15) is 8.78 Å². The largest absolute Gasteiger partial charge is 0.434 e. The van der Waals surface area contributed by atoms with Crippen LogP contribution < -0.4 is 10.3 Å². The molecule has 176 valence electrons. The van der Waals surface area contributed by atoms with Crippen molar-refractivity contribution in [2.75, 3.05) is 13.2 Å². The number of alkyl halides is 2. The van der Waals surface area contributed by atoms with Gasteiger partial charge in [-0.05, 0) is 54.2 Å². The number of nitrogens with zero attached hydrogens (tertiary/aromatic N) is 2. The first-order valence-corrected chi connectivity index (χ1v) is 11.4. The number of ether oxygens (including phenoxy) is 2. The Labute approximate surface area is 195 Å². The van der Waals surface area contributed by atoms with Crippen LogP contribution >= 0.6 is 0 Å². The molecule has 0 atom stereocenters. The molecule has 2 aromatic carbocycles. The number of nitrogens with one attached hydrogen (secondary N) is 1. The summed E-state index contributed by atoms with van der Waals surface area (Å²) in [5.41, 5.74) is 4.04. The van der Waals surface area contributed by atoms with E-state index in [1.54, 1.807) is 30.5 Å². The zero-order valence-electron chi connectivity index (χ0n) is 18.5. The summed E-state index contributed by atoms with van der Waals surface area (Å²) < 4.78 is 38.4. The minimum atomic E-state index is -2.89. The summed E-state index contributed by atoms with van der Waals surface area (Å²) in [5, 5.41) is 0. The van der Waals surface area contributed by atoms with Crippen LogP contribution in [0.25, 0.3) is 22.2 Å². The predicted octanol–water partition coefficient (Wildman–Crippen LogP) is 5.01. The van der Waals surface area contributed by atoms with Crippen LogP contribution in [-0.2, 0) is 17.7 Å². The number of hydrogen-bond donors (Lipinski definition) is 1. The van der Waals surface area contributed by atoms with Crippen molar-refractivity contribution in [3.8, 4) is 16.9 Å². The Hall–Kier alpha value is -3.52. The topological polar surface area (TPSA) is 69.1 Å². The average molecular weight is 466 g/mol. The monoisotopic (exact) mass is 465 g/mol. The van der Waals surface area contributed by atoms with Crippen LogP contribution in [0.2, 0.25) is 0 Å². The third-order valence-electron chi connectivity index (χ3n) is 6.27. The SMILES string of the molecule is O=c1ccc(-c2ccc3nc(CC4CCOCC4)n(Cc4ccccc4OC(F)F)c3c2)c[nH]1. The van der Waals surface area contributed by atoms with E-state index in [0.717, 1.165) is 60.5 Å². The predicted molar refractivity (Wildman–Crippen MR) is 125 cm³/mol. The second-order valence-corrected chi connectivity index (χ2v) is 8.51. The van der Waals surface area contributed by atoms with Crippen LogP contribution in [0.5, 0.6) is 5.75 Å². The molecule has 4 aromatic rings. The van der Waals surface area contributed by atoms with E-state index in [0.29, 0.717) is 18.0 Å². The number of imidazole rings is 1. The third kappa shape index (κ3) is 4.87. The Balaban J connectivity index is 1.58. The number of halogens is 2. The van der Waals surface area contributed by atoms with Crippen molar-refractivity contribution in [1.82, 2.24) is 14.5 Å². The summed E-state index contributed by atoms with van der Waals surface area (Å²) >= 11 is 0. The second-order valence-electron chi connectivity index (χ2n) is 8.51. The van der Waals surface area contributed by atoms with E-state index in [1.807, 2.05) is 24.3 Å². The van der Waals surface area contributed by atoms with Crippen molar-refractivity contribution in [2.24, 2.45) is 5.92 Å². The van der Waals surface area contributed by atoms with Crippen molar-refractivity contribution in [3.63, 3.8) is 0 Å². The molecular weight excluding hydrogens is 440 g/mol. The fourth-order valence-corrected chi connectivity index (χ4v) is 4.50. The molecular formula is C26H25F2N3O3. The molecule has 0 spiro atoms. The fraction of sp³-hybridized carbons (Fsp3) is 0.308. The normalized spacial score (nSPS) is 14.7. The number of rotatable bonds is 7. The van der Waals surface area contributed by atoms with E-state index < -0.39 is 6.61 Å². The molecule has 1 aliphatic heterocycles. The summed E-state index contributed by atoms with van der Waals surface area (Å²) in [6.07, 6.45) is 4.40. The van der Waals surface area contributed by atoms with Gasteiger partial charge in [-0.3, -0.25) is 4.79 Å². The molecule has 0 aliphatic carbocycles. The number of aromatic amines is 1. The second kappa shape index (κ2) is 9.77. The molecule has 1 N–H and O–H groups in total. The molecule has 0 unspecified atom stereocenters. The van der Waals surface area contributed by atoms with Crippen LogP contribution in [0, 0.1) is 5.92 Å². The molecule has 3 heterocycles. The smallest absolute Gasteiger partial charge is 0.387 e. The number of fused-ring (bicyclic) bond motifs is 1. The highest BCUT2D eigenvalue weighted by molar-refractivity contribution is 5.82. The van der Waals surface area contributed by atoms with Gasteiger partial charge in [0.25, 0.3) is 0 Å². The van der Waals surface area contributed by atoms with Crippen LogP contribution in [0.15, 0.2) is 65.6 Å². The molecule has 0 saturated carbocycles. The molecule has 0 bridgehead atoms. The fourth-order valence-electron chi connectivity index (χ4n) is 4.50. The molecule has 34 heavy (non-hydrogen) atoms. The summed E-state index contributed by atoms with van der Waals surface area (Å²) in [5.74, 6) is 1.52. The Morgan fingerprint density at radius 2 is 1.88 bits per heavy atom. The molecule has 1 aliphatic rings. The summed E-state index contributed by atoms with van der Waals surface area (Å²) in [7, 11) is 0. The van der Waals surface area contributed by atoms with Gasteiger partial charge in [0.2, 0.25) is 5.56 Å². The van der Waals surface area contributed by atoms with E-state index >= 15 is 0 Å². The molecule has 8 heteroatoms. The van der Waals surface area contributed by atoms with E-state index in [2.05, 4.69) is 9.55 Å². The number of para-hydroxylation sites is 1. The van der Waals surface area contributed by atoms with Crippen LogP contribution in [0.1, 0.15) is 24.2 Å². The third-order valence-corrected chi connectivity index (χ3v) is 6.27. The summed E-state index contributed by atoms with van der Waals surface area (Å²) in [6.45, 7) is -1.06. The molecule has 2 aromatic heterocycles. The van der Waals surface area contributed by atoms with Crippen molar-refractivity contribution in [1.29, 1.82) is 0 Å². The van der Waals surface area contributed by atoms with Crippen LogP contribution in [0.4, 0.5) is 8.78 Å². The van der Waals surface area contributed by atoms with Gasteiger partial charge < -0.3 is 19.0 Å². The average Bonchev–Trinajstić information content (AvgIpc) is 3.17. The molecule has 0 radical (unpaired) electrons. The molecule has 6 nitrogen and oxygen atoms in total. The van der Waals surface area contributed by atoms with E-state index in [1.165, 1.54) is 6.07 Å². The summed E-state index contributed by atoms with van der Waals surface area (Å²) in [4.78, 5) is 19.1. The number of aromatic nitrogens is 3. The minimum Gasteiger partial charge on any atom is -0.434 e. The van der Waals surface area contributed by atoms with Gasteiger partial charge in [0, 0.05) is 37.5 Å². The molecule has 1 fully saturated rings. The molecule has 0 amide bonds. The lowest BCUT2D eigenvalue weighted by Crippen LogP contribution is -2.19. The van der Waals surface area contributed by atoms with Gasteiger partial charge in [0.05, 0.1) is 17.6 Å². The quantitative estimate of drug-likeness (QED) is 0.417. The van der Waals surface area contributed by atoms with Crippen LogP contribution in [0.3, 0.4) is 0 Å². The van der Waals surface area contributed by atoms with Gasteiger partial charge in [0.1, 0.15) is 11.6 Å². The van der Waals surface area contributed by atoms with Gasteiger partial charge in [-0.1, -0.05) is 24.3 Å². The Bertz CT molecular complexity index is 1320. The Morgan fingerprint density at radius 1 is 1.09 bits per heavy atom. The molecule has 5 rings (SSSR count). The molecule has 1 saturated heterocycles. The Kier molecular flexibility index (Phi) is 6.40. The standard InChI is InChI=1S/C26H25F2N3O3/c27-26(28)34-23-4-2-1-3-20(23)16-31-22-14-18(19-6-8-25(32)29-15-19)5-7-21(22)30-24(31)13-17-9-11-33-12-10-17/h1-8,14-15,17,26H,9-13,16H2,(H,29,32). The first-order valence-electron chi connectivity index (χ1n) is 11.4. The van der Waals surface area contributed by atoms with E-state index in [4.69, 9.17) is 14.5 Å². The maximum Gasteiger partial charge on any atom is 0.387 e. The van der Waals surface area contributed by atoms with Crippen molar-refractivity contribution in [2.45, 2.75) is 32.4 Å². The zero-order chi connectivity index (χ0) is 23.5. The maximum absolute atomic E-state index is 13.0. The zero-order valence-corrected chi connectivity index (χ0v) is 18.5. The van der Waals surface area contributed by atoms with Crippen LogP contribution in [-0.4, -0.2) is 34.4 Å². The van der Waals surface area contributed by atoms with Gasteiger partial charge in [-0.15, -0.1) is 0 Å². The summed E-state index contributed by atoms with van der Waals surface area (Å²) in [6, 6.07) is 16.1. The highest BCUT2D eigenvalue weighted by atomic mass is 19.3. The van der Waals surface area contributed by atoms with Crippen molar-refractivity contribution in [3.05, 3.63) is 82.5 Å². The number of hydrogen-bond acceptors (Lipinski definition) is 4. The Morgan fingerprint density at radius 3 is 2.65 bits per heavy atom. The number of benzene rings is 2. The van der Waals surface area contributed by atoms with Crippen molar-refractivity contribution >= 4 is 11.0 Å².